The first-order valence-corrected chi connectivity index (χ1v) is 6.41. The molecule has 1 rings (SSSR count). The normalized spacial score (nSPS) is 10.8. The molecule has 0 aliphatic rings. The van der Waals surface area contributed by atoms with Gasteiger partial charge < -0.3 is 14.8 Å². The van der Waals surface area contributed by atoms with Crippen LogP contribution in [0.3, 0.4) is 0 Å². The quantitative estimate of drug-likeness (QED) is 0.785. The lowest BCUT2D eigenvalue weighted by Gasteiger charge is -2.16. The smallest absolute Gasteiger partial charge is 0.277 e. The van der Waals surface area contributed by atoms with E-state index in [1.54, 1.807) is 19.9 Å². The highest BCUT2D eigenvalue weighted by molar-refractivity contribution is 6.31. The standard InChI is InChI=1S/C13H17ClFNO3/c1-3-18-13(19-4-2)12(17)16-8-9-6-5-7-10(15)11(9)14/h5-7,13H,3-4,8H2,1-2H3,(H,16,17). The van der Waals surface area contributed by atoms with Crippen molar-refractivity contribution in [1.82, 2.24) is 5.32 Å². The summed E-state index contributed by atoms with van der Waals surface area (Å²) in [4.78, 5) is 11.8. The van der Waals surface area contributed by atoms with Gasteiger partial charge in [0.05, 0.1) is 5.02 Å². The van der Waals surface area contributed by atoms with Crippen LogP contribution in [-0.4, -0.2) is 25.4 Å². The Balaban J connectivity index is 2.59. The predicted octanol–water partition coefficient (Wildman–Crippen LogP) is 2.49. The van der Waals surface area contributed by atoms with E-state index in [1.165, 1.54) is 12.1 Å². The van der Waals surface area contributed by atoms with E-state index in [1.807, 2.05) is 0 Å². The zero-order valence-electron chi connectivity index (χ0n) is 10.9. The van der Waals surface area contributed by atoms with Crippen LogP contribution in [0.4, 0.5) is 4.39 Å². The summed E-state index contributed by atoms with van der Waals surface area (Å²) in [7, 11) is 0. The molecule has 19 heavy (non-hydrogen) atoms. The summed E-state index contributed by atoms with van der Waals surface area (Å²) < 4.78 is 23.5. The molecule has 0 bridgehead atoms. The van der Waals surface area contributed by atoms with E-state index in [0.29, 0.717) is 18.8 Å². The van der Waals surface area contributed by atoms with Crippen LogP contribution in [0.25, 0.3) is 0 Å². The van der Waals surface area contributed by atoms with Crippen molar-refractivity contribution < 1.29 is 18.7 Å². The fourth-order valence-corrected chi connectivity index (χ4v) is 1.65. The fourth-order valence-electron chi connectivity index (χ4n) is 1.45. The summed E-state index contributed by atoms with van der Waals surface area (Å²) in [5.41, 5.74) is 0.502. The number of nitrogens with one attached hydrogen (secondary N) is 1. The molecular weight excluding hydrogens is 273 g/mol. The molecule has 0 saturated heterocycles. The molecule has 4 nitrogen and oxygen atoms in total. The summed E-state index contributed by atoms with van der Waals surface area (Å²) in [5.74, 6) is -0.927. The van der Waals surface area contributed by atoms with Crippen LogP contribution in [0, 0.1) is 5.82 Å². The van der Waals surface area contributed by atoms with Crippen LogP contribution < -0.4 is 5.32 Å². The van der Waals surface area contributed by atoms with E-state index in [9.17, 15) is 9.18 Å². The van der Waals surface area contributed by atoms with Gasteiger partial charge in [0.2, 0.25) is 6.29 Å². The number of rotatable bonds is 7. The Labute approximate surface area is 116 Å². The van der Waals surface area contributed by atoms with Crippen molar-refractivity contribution in [3.05, 3.63) is 34.6 Å². The molecule has 106 valence electrons. The maximum atomic E-state index is 13.2. The molecular formula is C13H17ClFNO3. The molecule has 0 aromatic heterocycles. The van der Waals surface area contributed by atoms with Gasteiger partial charge in [-0.25, -0.2) is 4.39 Å². The van der Waals surface area contributed by atoms with Crippen molar-refractivity contribution in [1.29, 1.82) is 0 Å². The van der Waals surface area contributed by atoms with Gasteiger partial charge in [-0.05, 0) is 25.5 Å². The van der Waals surface area contributed by atoms with Crippen molar-refractivity contribution >= 4 is 17.5 Å². The van der Waals surface area contributed by atoms with E-state index < -0.39 is 18.0 Å². The Hall–Kier alpha value is -1.17. The van der Waals surface area contributed by atoms with E-state index in [-0.39, 0.29) is 11.6 Å². The van der Waals surface area contributed by atoms with E-state index >= 15 is 0 Å². The molecule has 1 aromatic carbocycles. The van der Waals surface area contributed by atoms with Gasteiger partial charge >= 0.3 is 0 Å². The Morgan fingerprint density at radius 2 is 2.00 bits per heavy atom. The molecule has 0 saturated carbocycles. The predicted molar refractivity (Wildman–Crippen MR) is 70.3 cm³/mol. The van der Waals surface area contributed by atoms with E-state index in [2.05, 4.69) is 5.32 Å². The molecule has 0 aliphatic heterocycles. The van der Waals surface area contributed by atoms with Gasteiger partial charge in [-0.2, -0.15) is 0 Å². The molecule has 0 unspecified atom stereocenters. The molecule has 0 fully saturated rings. The number of carbonyl (C=O) groups is 1. The second-order valence-corrected chi connectivity index (χ2v) is 4.05. The van der Waals surface area contributed by atoms with Gasteiger partial charge in [0.25, 0.3) is 5.91 Å². The molecule has 0 aliphatic carbocycles. The van der Waals surface area contributed by atoms with Crippen molar-refractivity contribution in [3.63, 3.8) is 0 Å². The highest BCUT2D eigenvalue weighted by Crippen LogP contribution is 2.19. The number of ether oxygens (including phenoxy) is 2. The zero-order chi connectivity index (χ0) is 14.3. The van der Waals surface area contributed by atoms with Crippen molar-refractivity contribution in [3.8, 4) is 0 Å². The molecule has 1 aromatic rings. The van der Waals surface area contributed by atoms with Crippen LogP contribution in [0.15, 0.2) is 18.2 Å². The van der Waals surface area contributed by atoms with Gasteiger partial charge in [0.15, 0.2) is 0 Å². The summed E-state index contributed by atoms with van der Waals surface area (Å²) in [6, 6.07) is 4.43. The molecule has 0 radical (unpaired) electrons. The number of halogens is 2. The third-order valence-electron chi connectivity index (χ3n) is 2.33. The largest absolute Gasteiger partial charge is 0.348 e. The average molecular weight is 290 g/mol. The van der Waals surface area contributed by atoms with E-state index in [0.717, 1.165) is 0 Å². The van der Waals surface area contributed by atoms with Crippen molar-refractivity contribution in [2.45, 2.75) is 26.7 Å². The first-order valence-electron chi connectivity index (χ1n) is 6.03. The lowest BCUT2D eigenvalue weighted by atomic mass is 10.2. The van der Waals surface area contributed by atoms with Gasteiger partial charge in [-0.1, -0.05) is 23.7 Å². The van der Waals surface area contributed by atoms with Crippen LogP contribution in [-0.2, 0) is 20.8 Å². The third-order valence-corrected chi connectivity index (χ3v) is 2.76. The second kappa shape index (κ2) is 8.09. The Morgan fingerprint density at radius 1 is 1.37 bits per heavy atom. The third kappa shape index (κ3) is 4.78. The Bertz CT molecular complexity index is 422. The number of hydrogen-bond acceptors (Lipinski definition) is 3. The van der Waals surface area contributed by atoms with Crippen molar-refractivity contribution in [2.24, 2.45) is 0 Å². The highest BCUT2D eigenvalue weighted by Gasteiger charge is 2.18. The Kier molecular flexibility index (Phi) is 6.77. The SMILES string of the molecule is CCOC(OCC)C(=O)NCc1cccc(F)c1Cl. The number of benzene rings is 1. The van der Waals surface area contributed by atoms with Gasteiger partial charge in [-0.15, -0.1) is 0 Å². The summed E-state index contributed by atoms with van der Waals surface area (Å²) in [6.07, 6.45) is -0.956. The molecule has 0 atom stereocenters. The fraction of sp³-hybridized carbons (Fsp3) is 0.462. The molecule has 1 amide bonds. The topological polar surface area (TPSA) is 47.6 Å². The minimum absolute atomic E-state index is 0.00664. The number of carbonyl (C=O) groups excluding carboxylic acids is 1. The first-order chi connectivity index (χ1) is 9.10. The minimum Gasteiger partial charge on any atom is -0.348 e. The summed E-state index contributed by atoms with van der Waals surface area (Å²) in [5, 5.41) is 2.60. The lowest BCUT2D eigenvalue weighted by Crippen LogP contribution is -2.38. The number of hydrogen-bond donors (Lipinski definition) is 1. The highest BCUT2D eigenvalue weighted by atomic mass is 35.5. The van der Waals surface area contributed by atoms with E-state index in [4.69, 9.17) is 21.1 Å². The van der Waals surface area contributed by atoms with Crippen LogP contribution >= 0.6 is 11.6 Å². The molecule has 0 heterocycles. The summed E-state index contributed by atoms with van der Waals surface area (Å²) in [6.45, 7) is 4.37. The molecule has 6 heteroatoms. The van der Waals surface area contributed by atoms with Crippen LogP contribution in [0.1, 0.15) is 19.4 Å². The van der Waals surface area contributed by atoms with Gasteiger partial charge in [0.1, 0.15) is 5.82 Å². The average Bonchev–Trinajstić information content (AvgIpc) is 2.40. The zero-order valence-corrected chi connectivity index (χ0v) is 11.7. The van der Waals surface area contributed by atoms with Gasteiger partial charge in [-0.3, -0.25) is 4.79 Å². The van der Waals surface area contributed by atoms with Crippen LogP contribution in [0.2, 0.25) is 5.02 Å². The van der Waals surface area contributed by atoms with Crippen LogP contribution in [0.5, 0.6) is 0 Å². The summed E-state index contributed by atoms with van der Waals surface area (Å²) >= 11 is 5.79. The number of amides is 1. The second-order valence-electron chi connectivity index (χ2n) is 3.67. The van der Waals surface area contributed by atoms with Crippen molar-refractivity contribution in [2.75, 3.05) is 13.2 Å². The maximum absolute atomic E-state index is 13.2. The molecule has 0 spiro atoms. The Morgan fingerprint density at radius 3 is 2.58 bits per heavy atom. The first kappa shape index (κ1) is 15.9. The maximum Gasteiger partial charge on any atom is 0.277 e. The molecule has 1 N–H and O–H groups in total. The monoisotopic (exact) mass is 289 g/mol. The lowest BCUT2D eigenvalue weighted by molar-refractivity contribution is -0.170. The van der Waals surface area contributed by atoms with Gasteiger partial charge in [0, 0.05) is 19.8 Å². The minimum atomic E-state index is -0.956.